The number of rotatable bonds is 5. The molecule has 1 fully saturated rings. The molecule has 8 nitrogen and oxygen atoms in total. The van der Waals surface area contributed by atoms with Crippen LogP contribution >= 0.6 is 0 Å². The molecule has 0 bridgehead atoms. The summed E-state index contributed by atoms with van der Waals surface area (Å²) in [5.74, 6) is -0.107. The van der Waals surface area contributed by atoms with Crippen molar-refractivity contribution < 1.29 is 4.92 Å². The molecule has 0 radical (unpaired) electrons. The van der Waals surface area contributed by atoms with Gasteiger partial charge in [0.25, 0.3) is 0 Å². The van der Waals surface area contributed by atoms with Crippen LogP contribution in [-0.4, -0.2) is 50.8 Å². The molecule has 1 saturated heterocycles. The monoisotopic (exact) mass is 302 g/mol. The Morgan fingerprint density at radius 2 is 2.32 bits per heavy atom. The molecule has 1 aliphatic rings. The van der Waals surface area contributed by atoms with Crippen LogP contribution in [0.15, 0.2) is 36.8 Å². The number of hydrogen-bond acceptors (Lipinski definition) is 6. The average Bonchev–Trinajstić information content (AvgIpc) is 3.03. The first-order chi connectivity index (χ1) is 10.7. The fraction of sp³-hybridized carbons (Fsp3) is 0.429. The molecule has 22 heavy (non-hydrogen) atoms. The largest absolute Gasteiger partial charge is 0.389 e. The highest BCUT2D eigenvalue weighted by molar-refractivity contribution is 5.16. The smallest absolute Gasteiger partial charge is 0.358 e. The van der Waals surface area contributed by atoms with Crippen LogP contribution in [0.4, 0.5) is 5.82 Å². The zero-order valence-electron chi connectivity index (χ0n) is 12.1. The zero-order valence-corrected chi connectivity index (χ0v) is 12.1. The molecule has 116 valence electrons. The molecule has 0 aliphatic carbocycles. The quantitative estimate of drug-likeness (QED) is 0.650. The lowest BCUT2D eigenvalue weighted by Gasteiger charge is -2.36. The van der Waals surface area contributed by atoms with E-state index >= 15 is 0 Å². The van der Waals surface area contributed by atoms with Crippen molar-refractivity contribution in [3.05, 3.63) is 52.5 Å². The molecule has 1 aliphatic heterocycles. The van der Waals surface area contributed by atoms with Crippen LogP contribution in [0.3, 0.4) is 0 Å². The maximum absolute atomic E-state index is 10.7. The number of aromatic nitrogens is 3. The predicted molar refractivity (Wildman–Crippen MR) is 80.3 cm³/mol. The van der Waals surface area contributed by atoms with Gasteiger partial charge in [-0.3, -0.25) is 9.88 Å². The summed E-state index contributed by atoms with van der Waals surface area (Å²) < 4.78 is 1.63. The SMILES string of the molecule is O=[N+]([O-])c1ccn(CCN2CCNCC2c2cccnc2)n1. The van der Waals surface area contributed by atoms with Crippen molar-refractivity contribution in [2.45, 2.75) is 12.6 Å². The van der Waals surface area contributed by atoms with Crippen LogP contribution < -0.4 is 5.32 Å². The summed E-state index contributed by atoms with van der Waals surface area (Å²) in [6, 6.07) is 5.72. The van der Waals surface area contributed by atoms with E-state index in [0.29, 0.717) is 6.54 Å². The number of nitrogens with one attached hydrogen (secondary N) is 1. The molecule has 1 atom stereocenters. The van der Waals surface area contributed by atoms with Crippen LogP contribution in [0.1, 0.15) is 11.6 Å². The fourth-order valence-corrected chi connectivity index (χ4v) is 2.72. The topological polar surface area (TPSA) is 89.1 Å². The van der Waals surface area contributed by atoms with Gasteiger partial charge in [0.05, 0.1) is 23.9 Å². The zero-order chi connectivity index (χ0) is 15.4. The first-order valence-corrected chi connectivity index (χ1v) is 7.26. The molecule has 8 heteroatoms. The highest BCUT2D eigenvalue weighted by atomic mass is 16.6. The molecule has 2 aromatic rings. The third-order valence-electron chi connectivity index (χ3n) is 3.85. The molecule has 0 amide bonds. The Bertz CT molecular complexity index is 629. The number of nitro groups is 1. The summed E-state index contributed by atoms with van der Waals surface area (Å²) >= 11 is 0. The number of hydrogen-bond donors (Lipinski definition) is 1. The van der Waals surface area contributed by atoms with Gasteiger partial charge in [0, 0.05) is 44.6 Å². The van der Waals surface area contributed by atoms with Crippen LogP contribution in [-0.2, 0) is 6.54 Å². The summed E-state index contributed by atoms with van der Waals surface area (Å²) in [4.78, 5) is 16.7. The normalized spacial score (nSPS) is 19.2. The highest BCUT2D eigenvalue weighted by Crippen LogP contribution is 2.21. The van der Waals surface area contributed by atoms with Crippen molar-refractivity contribution in [2.24, 2.45) is 0 Å². The molecule has 1 N–H and O–H groups in total. The Kier molecular flexibility index (Phi) is 4.40. The van der Waals surface area contributed by atoms with Crippen molar-refractivity contribution in [1.82, 2.24) is 25.0 Å². The van der Waals surface area contributed by atoms with Crippen molar-refractivity contribution in [2.75, 3.05) is 26.2 Å². The van der Waals surface area contributed by atoms with E-state index in [0.717, 1.165) is 26.2 Å². The second-order valence-corrected chi connectivity index (χ2v) is 5.24. The van der Waals surface area contributed by atoms with E-state index in [-0.39, 0.29) is 11.9 Å². The van der Waals surface area contributed by atoms with E-state index in [1.807, 2.05) is 12.3 Å². The highest BCUT2D eigenvalue weighted by Gasteiger charge is 2.24. The molecule has 0 aromatic carbocycles. The minimum Gasteiger partial charge on any atom is -0.358 e. The maximum atomic E-state index is 10.7. The van der Waals surface area contributed by atoms with E-state index in [9.17, 15) is 10.1 Å². The third-order valence-corrected chi connectivity index (χ3v) is 3.85. The van der Waals surface area contributed by atoms with Crippen LogP contribution in [0.2, 0.25) is 0 Å². The Hall–Kier alpha value is -2.32. The number of nitrogens with zero attached hydrogens (tertiary/aromatic N) is 5. The summed E-state index contributed by atoms with van der Waals surface area (Å²) in [6.07, 6.45) is 5.32. The van der Waals surface area contributed by atoms with E-state index in [1.54, 1.807) is 17.1 Å². The minimum absolute atomic E-state index is 0.107. The van der Waals surface area contributed by atoms with Gasteiger partial charge in [-0.25, -0.2) is 0 Å². The first kappa shape index (κ1) is 14.6. The molecular formula is C14H18N6O2. The van der Waals surface area contributed by atoms with Gasteiger partial charge in [-0.2, -0.15) is 4.68 Å². The lowest BCUT2D eigenvalue weighted by molar-refractivity contribution is -0.389. The van der Waals surface area contributed by atoms with Crippen molar-refractivity contribution in [3.8, 4) is 0 Å². The van der Waals surface area contributed by atoms with Gasteiger partial charge in [0.1, 0.15) is 0 Å². The van der Waals surface area contributed by atoms with E-state index < -0.39 is 4.92 Å². The minimum atomic E-state index is -0.472. The van der Waals surface area contributed by atoms with Crippen molar-refractivity contribution in [3.63, 3.8) is 0 Å². The summed E-state index contributed by atoms with van der Waals surface area (Å²) in [6.45, 7) is 4.18. The fourth-order valence-electron chi connectivity index (χ4n) is 2.72. The molecule has 2 aromatic heterocycles. The van der Waals surface area contributed by atoms with Crippen molar-refractivity contribution in [1.29, 1.82) is 0 Å². The third kappa shape index (κ3) is 3.29. The molecule has 3 rings (SSSR count). The molecular weight excluding hydrogens is 284 g/mol. The second kappa shape index (κ2) is 6.63. The first-order valence-electron chi connectivity index (χ1n) is 7.26. The lowest BCUT2D eigenvalue weighted by Crippen LogP contribution is -2.47. The van der Waals surface area contributed by atoms with Gasteiger partial charge < -0.3 is 15.4 Å². The Morgan fingerprint density at radius 3 is 3.05 bits per heavy atom. The Labute approximate surface area is 127 Å². The molecule has 0 spiro atoms. The van der Waals surface area contributed by atoms with Crippen molar-refractivity contribution >= 4 is 5.82 Å². The van der Waals surface area contributed by atoms with Crippen LogP contribution in [0.5, 0.6) is 0 Å². The van der Waals surface area contributed by atoms with E-state index in [4.69, 9.17) is 0 Å². The number of pyridine rings is 1. The second-order valence-electron chi connectivity index (χ2n) is 5.24. The Morgan fingerprint density at radius 1 is 1.41 bits per heavy atom. The van der Waals surface area contributed by atoms with Gasteiger partial charge in [-0.1, -0.05) is 6.07 Å². The summed E-state index contributed by atoms with van der Waals surface area (Å²) in [5.41, 5.74) is 1.18. The van der Waals surface area contributed by atoms with Gasteiger partial charge in [0.2, 0.25) is 0 Å². The lowest BCUT2D eigenvalue weighted by atomic mass is 10.1. The number of piperazine rings is 1. The average molecular weight is 302 g/mol. The van der Waals surface area contributed by atoms with Gasteiger partial charge in [-0.15, -0.1) is 0 Å². The van der Waals surface area contributed by atoms with Gasteiger partial charge in [-0.05, 0) is 16.6 Å². The molecule has 0 saturated carbocycles. The summed E-state index contributed by atoms with van der Waals surface area (Å²) in [7, 11) is 0. The van der Waals surface area contributed by atoms with E-state index in [1.165, 1.54) is 11.6 Å². The Balaban J connectivity index is 1.65. The standard InChI is InChI=1S/C14H18N6O2/c21-20(22)14-3-6-19(17-14)9-8-18-7-5-16-11-13(18)12-2-1-4-15-10-12/h1-4,6,10,13,16H,5,7-9,11H2. The van der Waals surface area contributed by atoms with Gasteiger partial charge in [0.15, 0.2) is 0 Å². The summed E-state index contributed by atoms with van der Waals surface area (Å²) in [5, 5.41) is 18.0. The molecule has 3 heterocycles. The van der Waals surface area contributed by atoms with Crippen LogP contribution in [0, 0.1) is 10.1 Å². The maximum Gasteiger partial charge on any atom is 0.389 e. The van der Waals surface area contributed by atoms with Crippen LogP contribution in [0.25, 0.3) is 0 Å². The van der Waals surface area contributed by atoms with E-state index in [2.05, 4.69) is 26.4 Å². The van der Waals surface area contributed by atoms with Gasteiger partial charge >= 0.3 is 5.82 Å². The predicted octanol–water partition coefficient (Wildman–Crippen LogP) is 0.833. The molecule has 1 unspecified atom stereocenters.